The van der Waals surface area contributed by atoms with Crippen molar-refractivity contribution in [3.63, 3.8) is 0 Å². The minimum Gasteiger partial charge on any atom is -0.467 e. The zero-order valence-electron chi connectivity index (χ0n) is 25.9. The second-order valence-corrected chi connectivity index (χ2v) is 11.7. The molecule has 3 aliphatic rings. The number of likely N-dealkylation sites (tertiary alicyclic amines) is 1. The number of rotatable bonds is 10. The van der Waals surface area contributed by atoms with E-state index in [1.807, 2.05) is 11.8 Å². The lowest BCUT2D eigenvalue weighted by atomic mass is 9.98. The first-order chi connectivity index (χ1) is 21.6. The standard InChI is InChI=1S/C31H42F3N5O6/c1-19-27(29(40)39-14-11-21(12-15-39)36-24-13-16-43-18-26(24)41-2)37-30(42-3)38-28(19)35-17-23-5-4-6-25(44-23)20-7-9-22(10-8-20)45-31(32,33)34/h7-10,21,23-26,36H,4-6,11-18H2,1-3H3,(H,35,37,38)/t23-,24+,25+,26-/m1/s1. The highest BCUT2D eigenvalue weighted by atomic mass is 19.4. The Kier molecular flexibility index (Phi) is 11.0. The van der Waals surface area contributed by atoms with Crippen LogP contribution in [-0.2, 0) is 14.2 Å². The summed E-state index contributed by atoms with van der Waals surface area (Å²) in [5.41, 5.74) is 1.70. The van der Waals surface area contributed by atoms with E-state index in [-0.39, 0.29) is 42.0 Å². The summed E-state index contributed by atoms with van der Waals surface area (Å²) < 4.78 is 64.3. The van der Waals surface area contributed by atoms with Crippen LogP contribution in [-0.4, -0.2) is 98.5 Å². The molecule has 1 aromatic heterocycles. The molecule has 0 saturated carbocycles. The Morgan fingerprint density at radius 3 is 2.51 bits per heavy atom. The van der Waals surface area contributed by atoms with Gasteiger partial charge in [-0.05, 0) is 63.1 Å². The number of benzene rings is 1. The van der Waals surface area contributed by atoms with Crippen molar-refractivity contribution < 1.29 is 41.7 Å². The highest BCUT2D eigenvalue weighted by Crippen LogP contribution is 2.33. The number of methoxy groups -OCH3 is 2. The maximum atomic E-state index is 13.6. The predicted octanol–water partition coefficient (Wildman–Crippen LogP) is 4.41. The van der Waals surface area contributed by atoms with Gasteiger partial charge in [-0.2, -0.15) is 9.97 Å². The molecule has 4 heterocycles. The van der Waals surface area contributed by atoms with Crippen molar-refractivity contribution >= 4 is 11.7 Å². The van der Waals surface area contributed by atoms with Gasteiger partial charge in [0.05, 0.1) is 32.0 Å². The molecule has 4 atom stereocenters. The number of ether oxygens (including phenoxy) is 5. The summed E-state index contributed by atoms with van der Waals surface area (Å²) in [6.07, 6.45) is -0.154. The van der Waals surface area contributed by atoms with Gasteiger partial charge in [-0.15, -0.1) is 13.2 Å². The van der Waals surface area contributed by atoms with Crippen LogP contribution in [0.15, 0.2) is 24.3 Å². The molecule has 3 aliphatic heterocycles. The largest absolute Gasteiger partial charge is 0.573 e. The first kappa shape index (κ1) is 33.2. The summed E-state index contributed by atoms with van der Waals surface area (Å²) in [6.45, 7) is 4.74. The molecule has 0 aliphatic carbocycles. The fraction of sp³-hybridized carbons (Fsp3) is 0.645. The molecule has 1 amide bonds. The van der Waals surface area contributed by atoms with Crippen LogP contribution in [0.3, 0.4) is 0 Å². The highest BCUT2D eigenvalue weighted by molar-refractivity contribution is 5.95. The minimum absolute atomic E-state index is 0.0265. The van der Waals surface area contributed by atoms with Crippen LogP contribution >= 0.6 is 0 Å². The zero-order valence-corrected chi connectivity index (χ0v) is 25.9. The number of piperidine rings is 1. The molecule has 11 nitrogen and oxygen atoms in total. The lowest BCUT2D eigenvalue weighted by molar-refractivity contribution is -0.274. The Bertz CT molecular complexity index is 1280. The van der Waals surface area contributed by atoms with Crippen LogP contribution in [0.5, 0.6) is 11.8 Å². The van der Waals surface area contributed by atoms with Crippen LogP contribution in [0.25, 0.3) is 0 Å². The number of hydrogen-bond donors (Lipinski definition) is 2. The van der Waals surface area contributed by atoms with E-state index in [2.05, 4.69) is 25.3 Å². The first-order valence-electron chi connectivity index (χ1n) is 15.5. The van der Waals surface area contributed by atoms with Gasteiger partial charge in [0, 0.05) is 51.0 Å². The SMILES string of the molecule is COc1nc(NC[C@H]2CCC[C@@H](c3ccc(OC(F)(F)F)cc3)O2)c(C)c(C(=O)N2CCC(N[C@H]3CCOC[C@H]3OC)CC2)n1. The molecular weight excluding hydrogens is 595 g/mol. The van der Waals surface area contributed by atoms with E-state index < -0.39 is 6.36 Å². The molecule has 0 spiro atoms. The van der Waals surface area contributed by atoms with E-state index in [1.54, 1.807) is 19.2 Å². The van der Waals surface area contributed by atoms with Crippen LogP contribution < -0.4 is 20.1 Å². The van der Waals surface area contributed by atoms with Gasteiger partial charge >= 0.3 is 12.4 Å². The third-order valence-electron chi connectivity index (χ3n) is 8.68. The number of halogens is 3. The highest BCUT2D eigenvalue weighted by Gasteiger charge is 2.33. The number of nitrogens with zero attached hydrogens (tertiary/aromatic N) is 3. The number of aromatic nitrogens is 2. The molecule has 248 valence electrons. The summed E-state index contributed by atoms with van der Waals surface area (Å²) in [6, 6.07) is 6.41. The summed E-state index contributed by atoms with van der Waals surface area (Å²) in [5.74, 6) is 0.0590. The Hall–Kier alpha value is -3.20. The number of amides is 1. The van der Waals surface area contributed by atoms with Gasteiger partial charge in [0.1, 0.15) is 17.3 Å². The lowest BCUT2D eigenvalue weighted by Crippen LogP contribution is -2.54. The number of hydrogen-bond acceptors (Lipinski definition) is 10. The van der Waals surface area contributed by atoms with E-state index in [4.69, 9.17) is 18.9 Å². The maximum absolute atomic E-state index is 13.6. The molecule has 1 aromatic carbocycles. The Labute approximate surface area is 261 Å². The van der Waals surface area contributed by atoms with Crippen molar-refractivity contribution in [3.8, 4) is 11.8 Å². The summed E-state index contributed by atoms with van der Waals surface area (Å²) in [4.78, 5) is 24.3. The number of nitrogens with one attached hydrogen (secondary N) is 2. The van der Waals surface area contributed by atoms with Gasteiger partial charge in [0.2, 0.25) is 0 Å². The number of anilines is 1. The van der Waals surface area contributed by atoms with Crippen LogP contribution in [0.2, 0.25) is 0 Å². The fourth-order valence-electron chi connectivity index (χ4n) is 6.19. The van der Waals surface area contributed by atoms with Crippen LogP contribution in [0, 0.1) is 6.92 Å². The number of carbonyl (C=O) groups is 1. The third-order valence-corrected chi connectivity index (χ3v) is 8.68. The van der Waals surface area contributed by atoms with Crippen LogP contribution in [0.4, 0.5) is 19.0 Å². The number of carbonyl (C=O) groups excluding carboxylic acids is 1. The minimum atomic E-state index is -4.74. The zero-order chi connectivity index (χ0) is 32.0. The Balaban J connectivity index is 1.17. The van der Waals surface area contributed by atoms with E-state index in [0.29, 0.717) is 56.0 Å². The normalized spacial score (nSPS) is 24.7. The van der Waals surface area contributed by atoms with Gasteiger partial charge in [-0.1, -0.05) is 12.1 Å². The van der Waals surface area contributed by atoms with Crippen molar-refractivity contribution in [2.45, 2.75) is 82.2 Å². The average Bonchev–Trinajstić information content (AvgIpc) is 3.04. The van der Waals surface area contributed by atoms with Gasteiger partial charge in [0.15, 0.2) is 0 Å². The molecule has 45 heavy (non-hydrogen) atoms. The number of alkyl halides is 3. The molecular formula is C31H42F3N5O6. The van der Waals surface area contributed by atoms with E-state index in [9.17, 15) is 18.0 Å². The van der Waals surface area contributed by atoms with Crippen LogP contribution in [0.1, 0.15) is 66.2 Å². The lowest BCUT2D eigenvalue weighted by Gasteiger charge is -2.38. The molecule has 0 unspecified atom stereocenters. The molecule has 2 aromatic rings. The van der Waals surface area contributed by atoms with Gasteiger partial charge in [-0.25, -0.2) is 0 Å². The summed E-state index contributed by atoms with van der Waals surface area (Å²) in [7, 11) is 3.17. The van der Waals surface area contributed by atoms with Crippen molar-refractivity contribution in [1.82, 2.24) is 20.2 Å². The molecule has 14 heteroatoms. The van der Waals surface area contributed by atoms with Crippen molar-refractivity contribution in [3.05, 3.63) is 41.1 Å². The Morgan fingerprint density at radius 1 is 1.07 bits per heavy atom. The third kappa shape index (κ3) is 8.75. The summed E-state index contributed by atoms with van der Waals surface area (Å²) in [5, 5.41) is 7.03. The quantitative estimate of drug-likeness (QED) is 0.388. The molecule has 0 radical (unpaired) electrons. The monoisotopic (exact) mass is 637 g/mol. The smallest absolute Gasteiger partial charge is 0.467 e. The van der Waals surface area contributed by atoms with E-state index >= 15 is 0 Å². The maximum Gasteiger partial charge on any atom is 0.573 e. The molecule has 5 rings (SSSR count). The molecule has 0 bridgehead atoms. The van der Waals surface area contributed by atoms with Gasteiger partial charge in [0.25, 0.3) is 5.91 Å². The van der Waals surface area contributed by atoms with Crippen molar-refractivity contribution in [1.29, 1.82) is 0 Å². The predicted molar refractivity (Wildman–Crippen MR) is 158 cm³/mol. The average molecular weight is 638 g/mol. The van der Waals surface area contributed by atoms with Crippen molar-refractivity contribution in [2.24, 2.45) is 0 Å². The molecule has 3 saturated heterocycles. The second-order valence-electron chi connectivity index (χ2n) is 11.7. The van der Waals surface area contributed by atoms with E-state index in [0.717, 1.165) is 44.1 Å². The van der Waals surface area contributed by atoms with Gasteiger partial charge < -0.3 is 39.2 Å². The van der Waals surface area contributed by atoms with E-state index in [1.165, 1.54) is 19.2 Å². The first-order valence-corrected chi connectivity index (χ1v) is 15.5. The molecule has 3 fully saturated rings. The topological polar surface area (TPSA) is 116 Å². The van der Waals surface area contributed by atoms with Crippen molar-refractivity contribution in [2.75, 3.05) is 52.4 Å². The Morgan fingerprint density at radius 2 is 1.82 bits per heavy atom. The summed E-state index contributed by atoms with van der Waals surface area (Å²) >= 11 is 0. The van der Waals surface area contributed by atoms with Gasteiger partial charge in [-0.3, -0.25) is 4.79 Å². The fourth-order valence-corrected chi connectivity index (χ4v) is 6.19. The molecule has 2 N–H and O–H groups in total. The second kappa shape index (κ2) is 14.9.